The van der Waals surface area contributed by atoms with Crippen LogP contribution in [0.3, 0.4) is 0 Å². The Morgan fingerprint density at radius 3 is 2.27 bits per heavy atom. The Hall–Kier alpha value is -0.0800. The molecule has 0 aliphatic heterocycles. The molecule has 0 unspecified atom stereocenters. The first kappa shape index (κ1) is 14.9. The maximum absolute atomic E-state index is 9.10. The summed E-state index contributed by atoms with van der Waals surface area (Å²) in [5.74, 6) is 0. The van der Waals surface area contributed by atoms with Crippen molar-refractivity contribution in [1.82, 2.24) is 4.90 Å². The van der Waals surface area contributed by atoms with Crippen LogP contribution in [0.2, 0.25) is 0 Å². The summed E-state index contributed by atoms with van der Waals surface area (Å²) in [4.78, 5) is 2.40. The van der Waals surface area contributed by atoms with Crippen LogP contribution < -0.4 is 0 Å². The van der Waals surface area contributed by atoms with Gasteiger partial charge in [0.2, 0.25) is 0 Å². The third kappa shape index (κ3) is 8.88. The lowest BCUT2D eigenvalue weighted by atomic mass is 9.88. The van der Waals surface area contributed by atoms with Gasteiger partial charge in [-0.3, -0.25) is 0 Å². The van der Waals surface area contributed by atoms with E-state index in [0.717, 1.165) is 6.42 Å². The molecule has 0 aromatic rings. The van der Waals surface area contributed by atoms with E-state index in [9.17, 15) is 0 Å². The number of aliphatic hydroxyl groups excluding tert-OH is 1. The normalized spacial score (nSPS) is 12.4. The highest BCUT2D eigenvalue weighted by Crippen LogP contribution is 2.22. The fraction of sp³-hybridized carbons (Fsp3) is 1.00. The Bertz CT molecular complexity index is 145. The van der Waals surface area contributed by atoms with Crippen molar-refractivity contribution in [2.75, 3.05) is 26.7 Å². The second-order valence-corrected chi connectivity index (χ2v) is 5.44. The highest BCUT2D eigenvalue weighted by molar-refractivity contribution is 4.66. The van der Waals surface area contributed by atoms with E-state index in [1.807, 2.05) is 0 Å². The summed E-state index contributed by atoms with van der Waals surface area (Å²) in [6.07, 6.45) is 6.21. The molecule has 0 rings (SSSR count). The second-order valence-electron chi connectivity index (χ2n) is 5.44. The molecule has 0 radical (unpaired) electrons. The standard InChI is InChI=1S/C13H29NO/c1-5-10-14(4)11-8-6-7-9-13(2,3)12-15/h15H,5-12H2,1-4H3. The van der Waals surface area contributed by atoms with E-state index in [1.54, 1.807) is 0 Å². The van der Waals surface area contributed by atoms with Crippen molar-refractivity contribution in [3.63, 3.8) is 0 Å². The summed E-state index contributed by atoms with van der Waals surface area (Å²) in [5.41, 5.74) is 0.120. The summed E-state index contributed by atoms with van der Waals surface area (Å²) in [6.45, 7) is 9.23. The lowest BCUT2D eigenvalue weighted by Crippen LogP contribution is -2.20. The highest BCUT2D eigenvalue weighted by Gasteiger charge is 2.15. The second kappa shape index (κ2) is 8.12. The van der Waals surface area contributed by atoms with Crippen molar-refractivity contribution >= 4 is 0 Å². The minimum atomic E-state index is 0.120. The van der Waals surface area contributed by atoms with Gasteiger partial charge in [0.15, 0.2) is 0 Å². The number of hydrogen-bond donors (Lipinski definition) is 1. The topological polar surface area (TPSA) is 23.5 Å². The molecule has 2 heteroatoms. The molecule has 0 saturated carbocycles. The minimum absolute atomic E-state index is 0.120. The molecule has 15 heavy (non-hydrogen) atoms. The third-order valence-corrected chi connectivity index (χ3v) is 2.93. The van der Waals surface area contributed by atoms with Crippen LogP contribution in [0.15, 0.2) is 0 Å². The zero-order valence-electron chi connectivity index (χ0n) is 11.1. The molecule has 2 nitrogen and oxygen atoms in total. The van der Waals surface area contributed by atoms with Crippen LogP contribution in [0, 0.1) is 5.41 Å². The Labute approximate surface area is 95.7 Å². The van der Waals surface area contributed by atoms with E-state index in [1.165, 1.54) is 38.8 Å². The van der Waals surface area contributed by atoms with Crippen molar-refractivity contribution in [3.05, 3.63) is 0 Å². The van der Waals surface area contributed by atoms with Crippen molar-refractivity contribution in [2.24, 2.45) is 5.41 Å². The van der Waals surface area contributed by atoms with Gasteiger partial charge in [0.1, 0.15) is 0 Å². The SMILES string of the molecule is CCCN(C)CCCCCC(C)(C)CO. The number of nitrogens with zero attached hydrogens (tertiary/aromatic N) is 1. The van der Waals surface area contributed by atoms with Gasteiger partial charge >= 0.3 is 0 Å². The van der Waals surface area contributed by atoms with Crippen LogP contribution in [-0.4, -0.2) is 36.8 Å². The molecule has 92 valence electrons. The van der Waals surface area contributed by atoms with E-state index in [4.69, 9.17) is 5.11 Å². The summed E-state index contributed by atoms with van der Waals surface area (Å²) in [7, 11) is 2.20. The molecule has 0 aliphatic carbocycles. The van der Waals surface area contributed by atoms with Gasteiger partial charge in [-0.25, -0.2) is 0 Å². The third-order valence-electron chi connectivity index (χ3n) is 2.93. The van der Waals surface area contributed by atoms with Crippen molar-refractivity contribution in [3.8, 4) is 0 Å². The van der Waals surface area contributed by atoms with Crippen LogP contribution in [0.1, 0.15) is 52.9 Å². The predicted octanol–water partition coefficient (Wildman–Crippen LogP) is 2.91. The zero-order chi connectivity index (χ0) is 11.7. The van der Waals surface area contributed by atoms with Gasteiger partial charge in [0, 0.05) is 6.61 Å². The van der Waals surface area contributed by atoms with E-state index < -0.39 is 0 Å². The average molecular weight is 215 g/mol. The number of rotatable bonds is 9. The fourth-order valence-electron chi connectivity index (χ4n) is 1.73. The Morgan fingerprint density at radius 2 is 1.73 bits per heavy atom. The van der Waals surface area contributed by atoms with E-state index in [-0.39, 0.29) is 5.41 Å². The summed E-state index contributed by atoms with van der Waals surface area (Å²) in [5, 5.41) is 9.10. The largest absolute Gasteiger partial charge is 0.396 e. The summed E-state index contributed by atoms with van der Waals surface area (Å²) < 4.78 is 0. The van der Waals surface area contributed by atoms with Gasteiger partial charge in [0.25, 0.3) is 0 Å². The fourth-order valence-corrected chi connectivity index (χ4v) is 1.73. The molecular formula is C13H29NO. The molecule has 0 fully saturated rings. The van der Waals surface area contributed by atoms with Crippen LogP contribution >= 0.6 is 0 Å². The number of unbranched alkanes of at least 4 members (excludes halogenated alkanes) is 2. The summed E-state index contributed by atoms with van der Waals surface area (Å²) in [6, 6.07) is 0. The van der Waals surface area contributed by atoms with Crippen molar-refractivity contribution in [1.29, 1.82) is 0 Å². The van der Waals surface area contributed by atoms with E-state index in [0.29, 0.717) is 6.61 Å². The quantitative estimate of drug-likeness (QED) is 0.598. The van der Waals surface area contributed by atoms with Gasteiger partial charge in [-0.15, -0.1) is 0 Å². The van der Waals surface area contributed by atoms with Crippen molar-refractivity contribution in [2.45, 2.75) is 52.9 Å². The molecule has 0 spiro atoms. The highest BCUT2D eigenvalue weighted by atomic mass is 16.3. The molecule has 0 atom stereocenters. The zero-order valence-corrected chi connectivity index (χ0v) is 11.1. The molecule has 0 aliphatic rings. The maximum atomic E-state index is 9.10. The van der Waals surface area contributed by atoms with E-state index in [2.05, 4.69) is 32.7 Å². The van der Waals surface area contributed by atoms with E-state index >= 15 is 0 Å². The average Bonchev–Trinajstić information content (AvgIpc) is 2.17. The monoisotopic (exact) mass is 215 g/mol. The minimum Gasteiger partial charge on any atom is -0.396 e. The molecule has 0 saturated heterocycles. The summed E-state index contributed by atoms with van der Waals surface area (Å²) >= 11 is 0. The van der Waals surface area contributed by atoms with Crippen molar-refractivity contribution < 1.29 is 5.11 Å². The number of aliphatic hydroxyl groups is 1. The molecule has 0 aromatic carbocycles. The molecule has 0 amide bonds. The van der Waals surface area contributed by atoms with Crippen LogP contribution in [-0.2, 0) is 0 Å². The molecule has 0 bridgehead atoms. The van der Waals surface area contributed by atoms with Crippen LogP contribution in [0.5, 0.6) is 0 Å². The van der Waals surface area contributed by atoms with Gasteiger partial charge in [-0.1, -0.05) is 33.6 Å². The maximum Gasteiger partial charge on any atom is 0.0482 e. The molecule has 1 N–H and O–H groups in total. The van der Waals surface area contributed by atoms with Crippen LogP contribution in [0.25, 0.3) is 0 Å². The molecule has 0 aromatic heterocycles. The van der Waals surface area contributed by atoms with Crippen LogP contribution in [0.4, 0.5) is 0 Å². The molecular weight excluding hydrogens is 186 g/mol. The van der Waals surface area contributed by atoms with Gasteiger partial charge in [-0.2, -0.15) is 0 Å². The first-order chi connectivity index (χ1) is 7.02. The van der Waals surface area contributed by atoms with Gasteiger partial charge < -0.3 is 10.0 Å². The predicted molar refractivity (Wildman–Crippen MR) is 67.1 cm³/mol. The lowest BCUT2D eigenvalue weighted by molar-refractivity contribution is 0.146. The molecule has 0 heterocycles. The van der Waals surface area contributed by atoms with Gasteiger partial charge in [0.05, 0.1) is 0 Å². The first-order valence-corrected chi connectivity index (χ1v) is 6.31. The Morgan fingerprint density at radius 1 is 1.07 bits per heavy atom. The smallest absolute Gasteiger partial charge is 0.0482 e. The Kier molecular flexibility index (Phi) is 8.07. The lowest BCUT2D eigenvalue weighted by Gasteiger charge is -2.21. The van der Waals surface area contributed by atoms with Gasteiger partial charge in [-0.05, 0) is 44.8 Å². The number of hydrogen-bond acceptors (Lipinski definition) is 2. The first-order valence-electron chi connectivity index (χ1n) is 6.31. The Balaban J connectivity index is 3.32.